The van der Waals surface area contributed by atoms with E-state index in [4.69, 9.17) is 0 Å². The van der Waals surface area contributed by atoms with Gasteiger partial charge < -0.3 is 15.5 Å². The van der Waals surface area contributed by atoms with E-state index < -0.39 is 0 Å². The van der Waals surface area contributed by atoms with Crippen molar-refractivity contribution < 1.29 is 4.79 Å². The summed E-state index contributed by atoms with van der Waals surface area (Å²) in [4.78, 5) is 31.5. The van der Waals surface area contributed by atoms with E-state index in [0.717, 1.165) is 44.0 Å². The largest absolute Gasteiger partial charge is 0.356 e. The summed E-state index contributed by atoms with van der Waals surface area (Å²) in [5.74, 6) is -0.0207. The predicted molar refractivity (Wildman–Crippen MR) is 95.4 cm³/mol. The third-order valence-corrected chi connectivity index (χ3v) is 5.03. The second-order valence-electron chi connectivity index (χ2n) is 5.93. The molecular weight excluding hydrogens is 326 g/mol. The Labute approximate surface area is 144 Å². The first-order chi connectivity index (χ1) is 11.7. The van der Waals surface area contributed by atoms with Crippen molar-refractivity contribution in [2.24, 2.45) is 0 Å². The topological polar surface area (TPSA) is 79.3 Å². The fraction of sp³-hybridized carbons (Fsp3) is 0.562. The van der Waals surface area contributed by atoms with Crippen molar-refractivity contribution in [1.29, 1.82) is 0 Å². The molecule has 3 heterocycles. The van der Waals surface area contributed by atoms with Crippen LogP contribution in [0.1, 0.15) is 12.8 Å². The molecule has 8 heteroatoms. The molecule has 0 atom stereocenters. The predicted octanol–water partition coefficient (Wildman–Crippen LogP) is 0.260. The number of hydrogen-bond donors (Lipinski definition) is 2. The third kappa shape index (κ3) is 4.40. The first-order valence-corrected chi connectivity index (χ1v) is 9.24. The lowest BCUT2D eigenvalue weighted by Gasteiger charge is -2.27. The lowest BCUT2D eigenvalue weighted by molar-refractivity contribution is -0.121. The molecule has 0 saturated carbocycles. The molecule has 1 saturated heterocycles. The van der Waals surface area contributed by atoms with Gasteiger partial charge in [0.25, 0.3) is 5.56 Å². The van der Waals surface area contributed by atoms with Crippen molar-refractivity contribution in [2.45, 2.75) is 19.4 Å². The highest BCUT2D eigenvalue weighted by Crippen LogP contribution is 2.13. The second-order valence-corrected chi connectivity index (χ2v) is 6.82. The highest BCUT2D eigenvalue weighted by molar-refractivity contribution is 7.16. The standard InChI is InChI=1S/C16H23N5O2S/c22-14(18-4-1-7-20-9-5-17-6-10-20)2-8-21-12-19-15-13(16(21)23)3-11-24-15/h3,11-12,17H,1-2,4-10H2,(H,18,22). The van der Waals surface area contributed by atoms with Gasteiger partial charge in [0.15, 0.2) is 0 Å². The molecule has 130 valence electrons. The van der Waals surface area contributed by atoms with Crippen molar-refractivity contribution in [3.63, 3.8) is 0 Å². The van der Waals surface area contributed by atoms with Crippen LogP contribution in [0.25, 0.3) is 10.2 Å². The highest BCUT2D eigenvalue weighted by Gasteiger charge is 2.09. The molecule has 0 radical (unpaired) electrons. The molecule has 1 aliphatic heterocycles. The summed E-state index contributed by atoms with van der Waals surface area (Å²) in [7, 11) is 0. The molecule has 2 aromatic rings. The molecular formula is C16H23N5O2S. The molecule has 2 aromatic heterocycles. The Bertz CT molecular complexity index is 735. The highest BCUT2D eigenvalue weighted by atomic mass is 32.1. The zero-order valence-corrected chi connectivity index (χ0v) is 14.5. The third-order valence-electron chi connectivity index (χ3n) is 4.21. The summed E-state index contributed by atoms with van der Waals surface area (Å²) < 4.78 is 1.51. The quantitative estimate of drug-likeness (QED) is 0.701. The average Bonchev–Trinajstić information content (AvgIpc) is 3.09. The summed E-state index contributed by atoms with van der Waals surface area (Å²) >= 11 is 1.45. The number of carbonyl (C=O) groups excluding carboxylic acids is 1. The molecule has 0 aromatic carbocycles. The van der Waals surface area contributed by atoms with Crippen LogP contribution in [0, 0.1) is 0 Å². The number of nitrogens with zero attached hydrogens (tertiary/aromatic N) is 3. The number of amides is 1. The van der Waals surface area contributed by atoms with Crippen molar-refractivity contribution >= 4 is 27.5 Å². The second kappa shape index (κ2) is 8.36. The molecule has 0 aliphatic carbocycles. The van der Waals surface area contributed by atoms with E-state index in [2.05, 4.69) is 20.5 Å². The SMILES string of the molecule is O=C(CCn1cnc2sccc2c1=O)NCCCN1CCNCC1. The van der Waals surface area contributed by atoms with Gasteiger partial charge in [-0.15, -0.1) is 11.3 Å². The molecule has 1 amide bonds. The number of aryl methyl sites for hydroxylation is 1. The number of thiophene rings is 1. The summed E-state index contributed by atoms with van der Waals surface area (Å²) in [5.41, 5.74) is -0.0762. The van der Waals surface area contributed by atoms with E-state index in [1.54, 1.807) is 6.07 Å². The normalized spacial score (nSPS) is 15.7. The molecule has 0 bridgehead atoms. The van der Waals surface area contributed by atoms with E-state index in [0.29, 0.717) is 24.9 Å². The van der Waals surface area contributed by atoms with Gasteiger partial charge in [-0.1, -0.05) is 0 Å². The van der Waals surface area contributed by atoms with E-state index in [1.165, 1.54) is 22.2 Å². The molecule has 7 nitrogen and oxygen atoms in total. The minimum absolute atomic E-state index is 0.0207. The van der Waals surface area contributed by atoms with Crippen molar-refractivity contribution in [3.05, 3.63) is 28.1 Å². The van der Waals surface area contributed by atoms with Crippen molar-refractivity contribution in [3.8, 4) is 0 Å². The molecule has 24 heavy (non-hydrogen) atoms. The Morgan fingerprint density at radius 2 is 2.17 bits per heavy atom. The number of carbonyl (C=O) groups is 1. The number of hydrogen-bond acceptors (Lipinski definition) is 6. The van der Waals surface area contributed by atoms with Gasteiger partial charge in [0.2, 0.25) is 5.91 Å². The van der Waals surface area contributed by atoms with Gasteiger partial charge in [-0.2, -0.15) is 0 Å². The lowest BCUT2D eigenvalue weighted by Crippen LogP contribution is -2.44. The van der Waals surface area contributed by atoms with Crippen LogP contribution < -0.4 is 16.2 Å². The Morgan fingerprint density at radius 3 is 3.00 bits per heavy atom. The van der Waals surface area contributed by atoms with Gasteiger partial charge >= 0.3 is 0 Å². The van der Waals surface area contributed by atoms with Gasteiger partial charge in [-0.05, 0) is 24.4 Å². The van der Waals surface area contributed by atoms with Gasteiger partial charge in [-0.3, -0.25) is 14.2 Å². The number of fused-ring (bicyclic) bond motifs is 1. The van der Waals surface area contributed by atoms with E-state index in [-0.39, 0.29) is 11.5 Å². The van der Waals surface area contributed by atoms with Crippen LogP contribution in [0.15, 0.2) is 22.6 Å². The smallest absolute Gasteiger partial charge is 0.262 e. The van der Waals surface area contributed by atoms with E-state index >= 15 is 0 Å². The molecule has 1 aliphatic rings. The minimum Gasteiger partial charge on any atom is -0.356 e. The number of nitrogens with one attached hydrogen (secondary N) is 2. The average molecular weight is 349 g/mol. The lowest BCUT2D eigenvalue weighted by atomic mass is 10.3. The zero-order valence-electron chi connectivity index (χ0n) is 13.7. The Hall–Kier alpha value is -1.77. The molecule has 3 rings (SSSR count). The Morgan fingerprint density at radius 1 is 1.33 bits per heavy atom. The summed E-state index contributed by atoms with van der Waals surface area (Å²) in [5, 5.41) is 8.73. The van der Waals surface area contributed by atoms with E-state index in [1.807, 2.05) is 5.38 Å². The van der Waals surface area contributed by atoms with Crippen LogP contribution >= 0.6 is 11.3 Å². The maximum absolute atomic E-state index is 12.2. The van der Waals surface area contributed by atoms with Crippen LogP contribution in [0.4, 0.5) is 0 Å². The number of rotatable bonds is 7. The van der Waals surface area contributed by atoms with Gasteiger partial charge in [0.1, 0.15) is 4.83 Å². The van der Waals surface area contributed by atoms with Crippen molar-refractivity contribution in [1.82, 2.24) is 25.1 Å². The number of piperazine rings is 1. The monoisotopic (exact) mass is 349 g/mol. The first-order valence-electron chi connectivity index (χ1n) is 8.36. The van der Waals surface area contributed by atoms with Crippen LogP contribution in [0.3, 0.4) is 0 Å². The van der Waals surface area contributed by atoms with Crippen LogP contribution in [0.5, 0.6) is 0 Å². The number of aromatic nitrogens is 2. The van der Waals surface area contributed by atoms with Crippen LogP contribution in [0.2, 0.25) is 0 Å². The maximum Gasteiger partial charge on any atom is 0.262 e. The fourth-order valence-corrected chi connectivity index (χ4v) is 3.55. The Balaban J connectivity index is 1.38. The zero-order chi connectivity index (χ0) is 16.8. The molecule has 2 N–H and O–H groups in total. The molecule has 0 unspecified atom stereocenters. The molecule has 0 spiro atoms. The van der Waals surface area contributed by atoms with Gasteiger partial charge in [-0.25, -0.2) is 4.98 Å². The minimum atomic E-state index is -0.0762. The summed E-state index contributed by atoms with van der Waals surface area (Å²) in [6.45, 7) is 6.30. The van der Waals surface area contributed by atoms with Crippen LogP contribution in [-0.4, -0.2) is 59.6 Å². The maximum atomic E-state index is 12.2. The van der Waals surface area contributed by atoms with E-state index in [9.17, 15) is 9.59 Å². The van der Waals surface area contributed by atoms with Gasteiger partial charge in [0.05, 0.1) is 11.7 Å². The summed E-state index contributed by atoms with van der Waals surface area (Å²) in [6, 6.07) is 1.78. The fourth-order valence-electron chi connectivity index (χ4n) is 2.83. The van der Waals surface area contributed by atoms with Gasteiger partial charge in [0, 0.05) is 45.7 Å². The first kappa shape index (κ1) is 17.1. The van der Waals surface area contributed by atoms with Crippen molar-refractivity contribution in [2.75, 3.05) is 39.3 Å². The van der Waals surface area contributed by atoms with Crippen LogP contribution in [-0.2, 0) is 11.3 Å². The Kier molecular flexibility index (Phi) is 5.95. The summed E-state index contributed by atoms with van der Waals surface area (Å²) in [6.07, 6.45) is 2.78. The molecule has 1 fully saturated rings.